The summed E-state index contributed by atoms with van der Waals surface area (Å²) in [6.45, 7) is -3.63. The van der Waals surface area contributed by atoms with Crippen LogP contribution in [-0.2, 0) is 6.42 Å². The van der Waals surface area contributed by atoms with Gasteiger partial charge in [0, 0.05) is 14.3 Å². The van der Waals surface area contributed by atoms with Gasteiger partial charge in [-0.05, 0) is 32.9 Å². The number of hydrogen-bond donors (Lipinski definition) is 0. The van der Waals surface area contributed by atoms with Gasteiger partial charge in [0.1, 0.15) is 0 Å². The third-order valence-corrected chi connectivity index (χ3v) is 1.81. The van der Waals surface area contributed by atoms with E-state index >= 15 is 0 Å². The Bertz CT molecular complexity index is 361. The van der Waals surface area contributed by atoms with Crippen molar-refractivity contribution < 1.29 is 8.22 Å². The van der Waals surface area contributed by atoms with Crippen molar-refractivity contribution in [2.45, 2.75) is 19.4 Å². The molecule has 1 nitrogen and oxygen atoms in total. The van der Waals surface area contributed by atoms with Crippen LogP contribution in [0.3, 0.4) is 0 Å². The maximum Gasteiger partial charge on any atom is 0.0394 e. The van der Waals surface area contributed by atoms with Crippen molar-refractivity contribution in [2.75, 3.05) is 14.0 Å². The van der Waals surface area contributed by atoms with Crippen LogP contribution in [0.4, 0.5) is 0 Å². The molecule has 0 fully saturated rings. The molecule has 0 bridgehead atoms. The Morgan fingerprint density at radius 1 is 1.31 bits per heavy atom. The molecule has 0 heterocycles. The van der Waals surface area contributed by atoms with Crippen LogP contribution in [0.1, 0.15) is 20.7 Å². The van der Waals surface area contributed by atoms with Gasteiger partial charge in [-0.15, -0.1) is 12.4 Å². The van der Waals surface area contributed by atoms with E-state index in [1.165, 1.54) is 0 Å². The molecule has 0 unspecified atom stereocenters. The summed E-state index contributed by atoms with van der Waals surface area (Å²) in [4.78, 5) is 0.618. The van der Waals surface area contributed by atoms with Crippen molar-refractivity contribution in [2.24, 2.45) is 0 Å². The van der Waals surface area contributed by atoms with Crippen LogP contribution in [0.2, 0.25) is 0 Å². The lowest BCUT2D eigenvalue weighted by atomic mass is 10.1. The van der Waals surface area contributed by atoms with E-state index in [1.807, 2.05) is 30.3 Å². The molecular formula is C11H18ClN. The number of benzene rings is 1. The van der Waals surface area contributed by atoms with Gasteiger partial charge in [0.2, 0.25) is 0 Å². The van der Waals surface area contributed by atoms with Crippen LogP contribution in [0.15, 0.2) is 30.3 Å². The van der Waals surface area contributed by atoms with E-state index < -0.39 is 20.0 Å². The minimum atomic E-state index is -2.63. The van der Waals surface area contributed by atoms with Gasteiger partial charge in [-0.1, -0.05) is 30.3 Å². The van der Waals surface area contributed by atoms with Crippen molar-refractivity contribution in [3.05, 3.63) is 35.9 Å². The largest absolute Gasteiger partial charge is 0.306 e. The van der Waals surface area contributed by atoms with Crippen LogP contribution in [0.5, 0.6) is 0 Å². The molecule has 1 aromatic carbocycles. The van der Waals surface area contributed by atoms with Crippen molar-refractivity contribution in [3.63, 3.8) is 0 Å². The molecular weight excluding hydrogens is 182 g/mol. The Hall–Kier alpha value is -0.530. The van der Waals surface area contributed by atoms with Crippen molar-refractivity contribution >= 4 is 12.4 Å². The zero-order valence-corrected chi connectivity index (χ0v) is 8.34. The monoisotopic (exact) mass is 205 g/mol. The zero-order chi connectivity index (χ0) is 14.0. The average molecular weight is 206 g/mol. The Labute approximate surface area is 95.6 Å². The summed E-state index contributed by atoms with van der Waals surface area (Å²) < 4.78 is 44.0. The molecule has 0 aliphatic heterocycles. The Morgan fingerprint density at radius 3 is 2.46 bits per heavy atom. The molecule has 0 aromatic heterocycles. The van der Waals surface area contributed by atoms with Crippen molar-refractivity contribution in [1.82, 2.24) is 4.90 Å². The summed E-state index contributed by atoms with van der Waals surface area (Å²) in [6.07, 6.45) is 0.387. The summed E-state index contributed by atoms with van der Waals surface area (Å²) in [6, 6.07) is 8.67. The van der Waals surface area contributed by atoms with Gasteiger partial charge in [-0.25, -0.2) is 0 Å². The SMILES string of the molecule is Cl.[2H]C([2H])([2H])N([C@@H](C)Cc1ccccc1)C([2H])([2H])[2H]. The Morgan fingerprint density at radius 2 is 1.92 bits per heavy atom. The zero-order valence-electron chi connectivity index (χ0n) is 13.5. The van der Waals surface area contributed by atoms with E-state index in [9.17, 15) is 0 Å². The fourth-order valence-electron chi connectivity index (χ4n) is 1.05. The highest BCUT2D eigenvalue weighted by Gasteiger charge is 2.04. The summed E-state index contributed by atoms with van der Waals surface area (Å²) in [5.41, 5.74) is 0.920. The predicted molar refractivity (Wildman–Crippen MR) is 60.5 cm³/mol. The van der Waals surface area contributed by atoms with E-state index in [4.69, 9.17) is 8.22 Å². The summed E-state index contributed by atoms with van der Waals surface area (Å²) in [7, 11) is 0. The molecule has 2 heteroatoms. The summed E-state index contributed by atoms with van der Waals surface area (Å²) in [5.74, 6) is 0. The first-order chi connectivity index (χ1) is 8.12. The Kier molecular flexibility index (Phi) is 2.48. The van der Waals surface area contributed by atoms with Crippen molar-refractivity contribution in [3.8, 4) is 0 Å². The van der Waals surface area contributed by atoms with Gasteiger partial charge in [-0.2, -0.15) is 0 Å². The second-order valence-corrected chi connectivity index (χ2v) is 2.91. The van der Waals surface area contributed by atoms with Gasteiger partial charge in [-0.3, -0.25) is 0 Å². The maximum atomic E-state index is 7.34. The lowest BCUT2D eigenvalue weighted by molar-refractivity contribution is 0.312. The summed E-state index contributed by atoms with van der Waals surface area (Å²) >= 11 is 0. The van der Waals surface area contributed by atoms with Crippen LogP contribution in [0.25, 0.3) is 0 Å². The minimum Gasteiger partial charge on any atom is -0.306 e. The van der Waals surface area contributed by atoms with E-state index in [1.54, 1.807) is 6.92 Å². The van der Waals surface area contributed by atoms with Crippen LogP contribution in [-0.4, -0.2) is 24.9 Å². The average Bonchev–Trinajstić information content (AvgIpc) is 2.13. The smallest absolute Gasteiger partial charge is 0.0394 e. The minimum absolute atomic E-state index is 0. The first-order valence-electron chi connectivity index (χ1n) is 6.96. The van der Waals surface area contributed by atoms with Gasteiger partial charge >= 0.3 is 0 Å². The lowest BCUT2D eigenvalue weighted by Gasteiger charge is -2.19. The van der Waals surface area contributed by atoms with Crippen LogP contribution >= 0.6 is 12.4 Å². The molecule has 0 aliphatic rings. The fraction of sp³-hybridized carbons (Fsp3) is 0.455. The molecule has 0 aliphatic carbocycles. The van der Waals surface area contributed by atoms with Gasteiger partial charge in [0.15, 0.2) is 0 Å². The number of halogens is 1. The highest BCUT2D eigenvalue weighted by molar-refractivity contribution is 5.85. The molecule has 0 amide bonds. The summed E-state index contributed by atoms with van der Waals surface area (Å²) in [5, 5.41) is 0. The van der Waals surface area contributed by atoms with E-state index in [-0.39, 0.29) is 12.4 Å². The Balaban J connectivity index is 0.00000324. The van der Waals surface area contributed by atoms with Crippen LogP contribution < -0.4 is 0 Å². The van der Waals surface area contributed by atoms with Gasteiger partial charge < -0.3 is 4.90 Å². The quantitative estimate of drug-likeness (QED) is 0.734. The highest BCUT2D eigenvalue weighted by atomic mass is 35.5. The number of likely N-dealkylation sites (N-methyl/N-ethyl adjacent to an activating group) is 1. The molecule has 0 saturated heterocycles. The second kappa shape index (κ2) is 6.01. The van der Waals surface area contributed by atoms with Crippen molar-refractivity contribution in [1.29, 1.82) is 0 Å². The fourth-order valence-corrected chi connectivity index (χ4v) is 1.05. The molecule has 1 atom stereocenters. The first-order valence-corrected chi connectivity index (χ1v) is 3.96. The first kappa shape index (κ1) is 5.38. The molecule has 0 radical (unpaired) electrons. The molecule has 13 heavy (non-hydrogen) atoms. The molecule has 0 spiro atoms. The van der Waals surface area contributed by atoms with E-state index in [0.29, 0.717) is 11.3 Å². The molecule has 0 saturated carbocycles. The predicted octanol–water partition coefficient (Wildman–Crippen LogP) is 2.60. The molecule has 1 rings (SSSR count). The van der Waals surface area contributed by atoms with Gasteiger partial charge in [0.25, 0.3) is 0 Å². The molecule has 0 N–H and O–H groups in total. The number of hydrogen-bond acceptors (Lipinski definition) is 1. The third-order valence-electron chi connectivity index (χ3n) is 1.81. The number of rotatable bonds is 3. The highest BCUT2D eigenvalue weighted by Crippen LogP contribution is 2.05. The van der Waals surface area contributed by atoms with Crippen LogP contribution in [0, 0.1) is 0 Å². The van der Waals surface area contributed by atoms with E-state index in [2.05, 4.69) is 0 Å². The lowest BCUT2D eigenvalue weighted by Crippen LogP contribution is -2.26. The molecule has 74 valence electrons. The number of nitrogens with zero attached hydrogens (tertiary/aromatic N) is 1. The maximum absolute atomic E-state index is 7.34. The normalized spacial score (nSPS) is 21.1. The topological polar surface area (TPSA) is 3.24 Å². The van der Waals surface area contributed by atoms with Gasteiger partial charge in [0.05, 0.1) is 0 Å². The standard InChI is InChI=1S/C11H17N.ClH/c1-10(12(2)3)9-11-7-5-4-6-8-11;/h4-8,10H,9H2,1-3H3;1H/t10-;/m0./s1/i2D3,3D3;. The van der Waals surface area contributed by atoms with E-state index in [0.717, 1.165) is 5.56 Å². The third kappa shape index (κ3) is 4.30. The molecule has 1 aromatic rings. The second-order valence-electron chi connectivity index (χ2n) is 2.91.